The number of nitrogens with two attached hydrogens (primary N) is 3. The van der Waals surface area contributed by atoms with Gasteiger partial charge < -0.3 is 50.3 Å². The number of nitrogens with zero attached hydrogens (tertiary/aromatic N) is 3. The maximum Gasteiger partial charge on any atom is 0.379 e. The lowest BCUT2D eigenvalue weighted by Gasteiger charge is -2.18. The summed E-state index contributed by atoms with van der Waals surface area (Å²) < 4.78 is 0. The molecule has 22 heteroatoms. The first kappa shape index (κ1) is 39.5. The predicted molar refractivity (Wildman–Crippen MR) is 144 cm³/mol. The second kappa shape index (κ2) is 19.7. The fraction of sp³-hybridized carbons (Fsp3) is 0.125. The van der Waals surface area contributed by atoms with Gasteiger partial charge in [0.2, 0.25) is 0 Å². The van der Waals surface area contributed by atoms with E-state index in [0.717, 1.165) is 0 Å². The first-order valence-electron chi connectivity index (χ1n) is 11.6. The minimum atomic E-state index is -2.74. The lowest BCUT2D eigenvalue weighted by atomic mass is 9.96. The summed E-state index contributed by atoms with van der Waals surface area (Å²) in [6.07, 6.45) is 1.77. The molecule has 0 unspecified atom stereocenters. The van der Waals surface area contributed by atoms with Gasteiger partial charge in [-0.2, -0.15) is 17.7 Å². The maximum absolute atomic E-state index is 10.7. The smallest absolute Gasteiger partial charge is 0.379 e. The molecule has 0 aliphatic heterocycles. The molecule has 3 aromatic rings. The molecule has 46 heavy (non-hydrogen) atoms. The van der Waals surface area contributed by atoms with Crippen molar-refractivity contribution >= 4 is 35.8 Å². The van der Waals surface area contributed by atoms with E-state index in [4.69, 9.17) is 35.7 Å². The lowest BCUT2D eigenvalue weighted by molar-refractivity contribution is -0.170. The van der Waals surface area contributed by atoms with Crippen LogP contribution in [0.15, 0.2) is 55.0 Å². The van der Waals surface area contributed by atoms with Crippen molar-refractivity contribution in [3.8, 4) is 17.2 Å². The summed E-state index contributed by atoms with van der Waals surface area (Å²) in [7, 11) is 0. The number of carbonyl (C=O) groups is 6. The van der Waals surface area contributed by atoms with E-state index >= 15 is 0 Å². The van der Waals surface area contributed by atoms with Crippen LogP contribution >= 0.6 is 0 Å². The molecule has 22 nitrogen and oxygen atoms in total. The SMILES string of the molecule is NOC(=O)c1ncccc1O.NOC(=O)c1ncccc1O.NOC(=O)c1ncccc1O.O=C(O)CC(O)(CC(=O)O)C(=O)O. The quantitative estimate of drug-likeness (QED) is 0.120. The second-order valence-electron chi connectivity index (χ2n) is 7.81. The Bertz CT molecular complexity index is 1370. The molecule has 3 heterocycles. The zero-order valence-electron chi connectivity index (χ0n) is 23.0. The van der Waals surface area contributed by atoms with E-state index in [1.54, 1.807) is 0 Å². The average Bonchev–Trinajstić information content (AvgIpc) is 3.00. The van der Waals surface area contributed by atoms with Gasteiger partial charge in [-0.05, 0) is 36.4 Å². The van der Waals surface area contributed by atoms with Crippen LogP contribution in [0.25, 0.3) is 0 Å². The van der Waals surface area contributed by atoms with E-state index in [9.17, 15) is 28.8 Å². The highest BCUT2D eigenvalue weighted by molar-refractivity contribution is 5.91. The van der Waals surface area contributed by atoms with E-state index in [-0.39, 0.29) is 34.3 Å². The topological polar surface area (TPSA) is 388 Å². The number of carboxylic acid groups (broad SMARTS) is 3. The number of pyridine rings is 3. The van der Waals surface area contributed by atoms with Crippen LogP contribution in [-0.4, -0.2) is 92.1 Å². The minimum Gasteiger partial charge on any atom is -0.505 e. The Morgan fingerprint density at radius 2 is 0.848 bits per heavy atom. The molecule has 0 aromatic carbocycles. The molecule has 0 aliphatic carbocycles. The number of hydrogen-bond donors (Lipinski definition) is 10. The van der Waals surface area contributed by atoms with Crippen molar-refractivity contribution < 1.29 is 79.0 Å². The van der Waals surface area contributed by atoms with E-state index in [1.165, 1.54) is 55.0 Å². The first-order chi connectivity index (χ1) is 21.5. The predicted octanol–water partition coefficient (Wildman–Crippen LogP) is -1.80. The van der Waals surface area contributed by atoms with Gasteiger partial charge in [0.1, 0.15) is 17.2 Å². The number of aromatic hydroxyl groups is 3. The van der Waals surface area contributed by atoms with Gasteiger partial charge in [-0.3, -0.25) is 9.59 Å². The van der Waals surface area contributed by atoms with Crippen LogP contribution in [0, 0.1) is 0 Å². The third-order valence-electron chi connectivity index (χ3n) is 4.55. The van der Waals surface area contributed by atoms with E-state index in [1.807, 2.05) is 0 Å². The van der Waals surface area contributed by atoms with Crippen molar-refractivity contribution in [3.63, 3.8) is 0 Å². The van der Waals surface area contributed by atoms with E-state index in [2.05, 4.69) is 47.2 Å². The molecule has 0 bridgehead atoms. The molecule has 0 fully saturated rings. The summed E-state index contributed by atoms with van der Waals surface area (Å²) in [6.45, 7) is 0. The summed E-state index contributed by atoms with van der Waals surface area (Å²) in [6, 6.07) is 8.42. The van der Waals surface area contributed by atoms with Gasteiger partial charge in [-0.1, -0.05) is 0 Å². The van der Waals surface area contributed by atoms with Crippen molar-refractivity contribution in [2.75, 3.05) is 0 Å². The molecule has 3 rings (SSSR count). The van der Waals surface area contributed by atoms with Crippen molar-refractivity contribution in [2.45, 2.75) is 18.4 Å². The molecular weight excluding hydrogens is 628 g/mol. The fourth-order valence-corrected chi connectivity index (χ4v) is 2.54. The fourth-order valence-electron chi connectivity index (χ4n) is 2.54. The minimum absolute atomic E-state index is 0.185. The van der Waals surface area contributed by atoms with Gasteiger partial charge >= 0.3 is 35.8 Å². The number of aromatic nitrogens is 3. The summed E-state index contributed by atoms with van der Waals surface area (Å²) in [5.74, 6) is 5.38. The van der Waals surface area contributed by atoms with Crippen LogP contribution in [-0.2, 0) is 28.9 Å². The zero-order valence-corrected chi connectivity index (χ0v) is 23.0. The zero-order chi connectivity index (χ0) is 35.4. The van der Waals surface area contributed by atoms with Gasteiger partial charge in [0.05, 0.1) is 12.8 Å². The number of carbonyl (C=O) groups excluding carboxylic acids is 3. The Kier molecular flexibility index (Phi) is 16.9. The maximum atomic E-state index is 10.7. The molecule has 248 valence electrons. The number of hydrogen-bond acceptors (Lipinski definition) is 19. The average molecular weight is 654 g/mol. The molecule has 0 aliphatic rings. The Balaban J connectivity index is 0.000000588. The normalized spacial score (nSPS) is 9.65. The van der Waals surface area contributed by atoms with Crippen LogP contribution in [0.3, 0.4) is 0 Å². The van der Waals surface area contributed by atoms with Crippen LogP contribution in [0.4, 0.5) is 0 Å². The number of aliphatic carboxylic acids is 3. The van der Waals surface area contributed by atoms with Crippen molar-refractivity contribution in [2.24, 2.45) is 17.7 Å². The standard InChI is InChI=1S/3C6H6N2O3.C6H8O7/c3*7-11-6(10)5-4(9)2-1-3-8-5;7-3(8)1-6(13,5(11)12)2-4(9)10/h3*1-3,9H,7H2;13H,1-2H2,(H,7,8)(H,9,10)(H,11,12). The van der Waals surface area contributed by atoms with Gasteiger partial charge in [0, 0.05) is 18.6 Å². The highest BCUT2D eigenvalue weighted by Gasteiger charge is 2.40. The van der Waals surface area contributed by atoms with Crippen molar-refractivity contribution in [1.82, 2.24) is 15.0 Å². The lowest BCUT2D eigenvalue weighted by Crippen LogP contribution is -2.42. The van der Waals surface area contributed by atoms with Crippen LogP contribution in [0.2, 0.25) is 0 Å². The van der Waals surface area contributed by atoms with Gasteiger partial charge in [0.25, 0.3) is 0 Å². The molecule has 3 aromatic heterocycles. The summed E-state index contributed by atoms with van der Waals surface area (Å²) in [5.41, 5.74) is -3.29. The van der Waals surface area contributed by atoms with Crippen LogP contribution in [0.1, 0.15) is 44.3 Å². The van der Waals surface area contributed by atoms with Crippen molar-refractivity contribution in [1.29, 1.82) is 0 Å². The molecule has 0 saturated carbocycles. The van der Waals surface area contributed by atoms with E-state index < -0.39 is 54.3 Å². The molecule has 0 spiro atoms. The third-order valence-corrected chi connectivity index (χ3v) is 4.55. The molecule has 0 radical (unpaired) electrons. The number of carboxylic acids is 3. The van der Waals surface area contributed by atoms with Gasteiger partial charge in [0.15, 0.2) is 22.7 Å². The van der Waals surface area contributed by atoms with E-state index in [0.29, 0.717) is 0 Å². The number of rotatable bonds is 8. The van der Waals surface area contributed by atoms with Crippen LogP contribution < -0.4 is 17.7 Å². The molecule has 13 N–H and O–H groups in total. The molecule has 0 atom stereocenters. The molecule has 0 saturated heterocycles. The monoisotopic (exact) mass is 654 g/mol. The Morgan fingerprint density at radius 3 is 1.02 bits per heavy atom. The second-order valence-corrected chi connectivity index (χ2v) is 7.81. The largest absolute Gasteiger partial charge is 0.505 e. The first-order valence-corrected chi connectivity index (χ1v) is 11.6. The van der Waals surface area contributed by atoms with Crippen LogP contribution in [0.5, 0.6) is 17.2 Å². The highest BCUT2D eigenvalue weighted by Crippen LogP contribution is 2.16. The summed E-state index contributed by atoms with van der Waals surface area (Å²) in [4.78, 5) is 84.7. The highest BCUT2D eigenvalue weighted by atomic mass is 16.7. The Labute approximate surface area is 255 Å². The number of aliphatic hydroxyl groups is 1. The van der Waals surface area contributed by atoms with Gasteiger partial charge in [-0.15, -0.1) is 0 Å². The Morgan fingerprint density at radius 1 is 0.587 bits per heavy atom. The summed E-state index contributed by atoms with van der Waals surface area (Å²) >= 11 is 0. The summed E-state index contributed by atoms with van der Waals surface area (Å²) in [5, 5.41) is 60.8. The van der Waals surface area contributed by atoms with Gasteiger partial charge in [-0.25, -0.2) is 34.1 Å². The Hall–Kier alpha value is -6.49. The molecular formula is C24H26N6O16. The third kappa shape index (κ3) is 13.7. The van der Waals surface area contributed by atoms with Crippen molar-refractivity contribution in [3.05, 3.63) is 72.1 Å². The molecule has 0 amide bonds.